The van der Waals surface area contributed by atoms with Crippen molar-refractivity contribution in [3.63, 3.8) is 0 Å². The van der Waals surface area contributed by atoms with Gasteiger partial charge in [0, 0.05) is 0 Å². The molecule has 0 amide bonds. The van der Waals surface area contributed by atoms with Crippen LogP contribution in [0, 0.1) is 0 Å². The van der Waals surface area contributed by atoms with Gasteiger partial charge in [-0.15, -0.1) is 0 Å². The number of rotatable bonds is 1. The Morgan fingerprint density at radius 2 is 1.10 bits per heavy atom. The van der Waals surface area contributed by atoms with E-state index in [1.54, 1.807) is 0 Å². The minimum absolute atomic E-state index is 1.22. The van der Waals surface area contributed by atoms with Crippen LogP contribution in [0.25, 0.3) is 27.5 Å². The Balaban J connectivity index is 2.17. The van der Waals surface area contributed by atoms with Crippen molar-refractivity contribution in [3.05, 3.63) is 72.8 Å². The average molecular weight is 249 g/mol. The zero-order valence-corrected chi connectivity index (χ0v) is 11.4. The van der Waals surface area contributed by atoms with E-state index >= 15 is 0 Å². The molecule has 1 heterocycles. The topological polar surface area (TPSA) is 4.93 Å². The van der Waals surface area contributed by atoms with Crippen LogP contribution in [0.3, 0.4) is 0 Å². The molecule has 4 aromatic rings. The normalized spacial score (nSPS) is 11.3. The first-order valence-electron chi connectivity index (χ1n) is 6.90. The van der Waals surface area contributed by atoms with Crippen LogP contribution >= 0.6 is 0 Å². The molecular weight excluding hydrogens is 237 g/mol. The van der Waals surface area contributed by atoms with Crippen LogP contribution in [0.4, 0.5) is 0 Å². The molecule has 90 valence electrons. The van der Waals surface area contributed by atoms with Crippen molar-refractivity contribution in [2.75, 3.05) is 0 Å². The van der Waals surface area contributed by atoms with Crippen LogP contribution in [0.1, 0.15) is 0 Å². The minimum atomic E-state index is 1.22. The van der Waals surface area contributed by atoms with Crippen molar-refractivity contribution >= 4 is 43.8 Å². The van der Waals surface area contributed by atoms with Gasteiger partial charge in [0.2, 0.25) is 0 Å². The number of hydrogen-bond donors (Lipinski definition) is 0. The molecule has 0 saturated carbocycles. The molecule has 0 aliphatic rings. The number of aromatic nitrogens is 1. The fourth-order valence-corrected chi connectivity index (χ4v) is 2.89. The summed E-state index contributed by atoms with van der Waals surface area (Å²) in [5, 5.41) is 2.62. The molecule has 20 heavy (non-hydrogen) atoms. The molecule has 0 aliphatic carbocycles. The van der Waals surface area contributed by atoms with Gasteiger partial charge in [0.1, 0.15) is 0 Å². The molecular formula is C18H12LiN. The van der Waals surface area contributed by atoms with E-state index in [-0.39, 0.29) is 0 Å². The summed E-state index contributed by atoms with van der Waals surface area (Å²) < 4.78 is 3.62. The van der Waals surface area contributed by atoms with Gasteiger partial charge in [0.25, 0.3) is 0 Å². The van der Waals surface area contributed by atoms with E-state index in [1.807, 2.05) is 0 Å². The monoisotopic (exact) mass is 249 g/mol. The summed E-state index contributed by atoms with van der Waals surface area (Å²) in [6, 6.07) is 25.9. The summed E-state index contributed by atoms with van der Waals surface area (Å²) in [6.45, 7) is 0. The molecule has 2 heteroatoms. The van der Waals surface area contributed by atoms with Gasteiger partial charge in [0.15, 0.2) is 0 Å². The first-order chi connectivity index (χ1) is 9.84. The molecule has 4 rings (SSSR count). The number of para-hydroxylation sites is 2. The van der Waals surface area contributed by atoms with Gasteiger partial charge < -0.3 is 0 Å². The van der Waals surface area contributed by atoms with E-state index in [1.165, 1.54) is 31.7 Å². The third-order valence-corrected chi connectivity index (χ3v) is 3.87. The van der Waals surface area contributed by atoms with E-state index < -0.39 is 0 Å². The van der Waals surface area contributed by atoms with Crippen LogP contribution in [0.15, 0.2) is 72.8 Å². The average Bonchev–Trinajstić information content (AvgIpc) is 2.83. The molecule has 1 aromatic heterocycles. The van der Waals surface area contributed by atoms with Crippen molar-refractivity contribution < 1.29 is 0 Å². The molecule has 1 nitrogen and oxygen atoms in total. The second-order valence-electron chi connectivity index (χ2n) is 5.21. The van der Waals surface area contributed by atoms with Crippen LogP contribution in [-0.4, -0.2) is 22.3 Å². The molecule has 0 atom stereocenters. The summed E-state index contributed by atoms with van der Waals surface area (Å²) in [7, 11) is 0. The fraction of sp³-hybridized carbons (Fsp3) is 0. The molecule has 0 unspecified atom stereocenters. The first-order valence-corrected chi connectivity index (χ1v) is 6.90. The molecule has 0 bridgehead atoms. The van der Waals surface area contributed by atoms with Crippen molar-refractivity contribution in [1.82, 2.24) is 4.57 Å². The maximum absolute atomic E-state index is 2.34. The van der Waals surface area contributed by atoms with Gasteiger partial charge in [-0.25, -0.2) is 0 Å². The molecule has 0 fully saturated rings. The molecule has 3 aromatic carbocycles. The van der Waals surface area contributed by atoms with Gasteiger partial charge in [-0.2, -0.15) is 0 Å². The Kier molecular flexibility index (Phi) is 2.70. The fourth-order valence-electron chi connectivity index (χ4n) is 2.89. The summed E-state index contributed by atoms with van der Waals surface area (Å²) in [6.07, 6.45) is 0. The zero-order chi connectivity index (χ0) is 13.5. The van der Waals surface area contributed by atoms with Gasteiger partial charge in [-0.1, -0.05) is 0 Å². The van der Waals surface area contributed by atoms with E-state index in [9.17, 15) is 0 Å². The molecule has 0 radical (unpaired) electrons. The third-order valence-electron chi connectivity index (χ3n) is 3.87. The number of benzene rings is 3. The predicted molar refractivity (Wildman–Crippen MR) is 86.2 cm³/mol. The van der Waals surface area contributed by atoms with Gasteiger partial charge in [0.05, 0.1) is 0 Å². The quantitative estimate of drug-likeness (QED) is 0.454. The second kappa shape index (κ2) is 4.56. The van der Waals surface area contributed by atoms with Gasteiger partial charge >= 0.3 is 127 Å². The van der Waals surface area contributed by atoms with Gasteiger partial charge in [-0.05, 0) is 0 Å². The Labute approximate surface area is 127 Å². The predicted octanol–water partition coefficient (Wildman–Crippen LogP) is 3.58. The van der Waals surface area contributed by atoms with Crippen molar-refractivity contribution in [3.8, 4) is 5.69 Å². The van der Waals surface area contributed by atoms with Crippen LogP contribution < -0.4 is 4.24 Å². The molecule has 0 saturated heterocycles. The van der Waals surface area contributed by atoms with E-state index in [0.29, 0.717) is 0 Å². The Morgan fingerprint density at radius 3 is 1.65 bits per heavy atom. The number of nitrogens with zero attached hydrogens (tertiary/aromatic N) is 1. The van der Waals surface area contributed by atoms with Crippen molar-refractivity contribution in [2.24, 2.45) is 0 Å². The van der Waals surface area contributed by atoms with E-state index in [4.69, 9.17) is 0 Å². The molecule has 0 N–H and O–H groups in total. The van der Waals surface area contributed by atoms with Crippen molar-refractivity contribution in [1.29, 1.82) is 0 Å². The van der Waals surface area contributed by atoms with Gasteiger partial charge in [-0.3, -0.25) is 0 Å². The summed E-state index contributed by atoms with van der Waals surface area (Å²) >= 11 is 2.12. The SMILES string of the molecule is [Li][c]1ccc(-n2c3ccccc3c3ccccc32)cc1. The Hall–Kier alpha value is -1.94. The summed E-state index contributed by atoms with van der Waals surface area (Å²) in [5.41, 5.74) is 3.74. The number of fused-ring (bicyclic) bond motifs is 3. The molecule has 0 aliphatic heterocycles. The first kappa shape index (κ1) is 11.8. The van der Waals surface area contributed by atoms with Crippen LogP contribution in [0.5, 0.6) is 0 Å². The van der Waals surface area contributed by atoms with Crippen LogP contribution in [-0.2, 0) is 0 Å². The standard InChI is InChI=1S/C18H12N.Li/c1-2-8-14(9-3-1)19-17-12-6-4-10-15(17)16-11-5-7-13-18(16)19;/h2-13H;. The maximum atomic E-state index is 2.34. The summed E-state index contributed by atoms with van der Waals surface area (Å²) in [5.74, 6) is 0. The van der Waals surface area contributed by atoms with Crippen LogP contribution in [0.2, 0.25) is 0 Å². The second-order valence-corrected chi connectivity index (χ2v) is 5.21. The Morgan fingerprint density at radius 1 is 0.600 bits per heavy atom. The van der Waals surface area contributed by atoms with E-state index in [0.717, 1.165) is 0 Å². The zero-order valence-electron chi connectivity index (χ0n) is 11.4. The van der Waals surface area contributed by atoms with E-state index in [2.05, 4.69) is 95.1 Å². The number of hydrogen-bond acceptors (Lipinski definition) is 0. The Bertz CT molecular complexity index is 850. The third kappa shape index (κ3) is 1.72. The summed E-state index contributed by atoms with van der Waals surface area (Å²) in [4.78, 5) is 0. The van der Waals surface area contributed by atoms with Crippen molar-refractivity contribution in [2.45, 2.75) is 0 Å². The molecule has 0 spiro atoms.